The number of halogens is 1. The van der Waals surface area contributed by atoms with Crippen LogP contribution >= 0.6 is 12.4 Å². The minimum atomic E-state index is -3.90. The predicted octanol–water partition coefficient (Wildman–Crippen LogP) is 0.714. The van der Waals surface area contributed by atoms with Crippen molar-refractivity contribution in [3.05, 3.63) is 17.6 Å². The summed E-state index contributed by atoms with van der Waals surface area (Å²) in [6.45, 7) is 6.15. The minimum Gasteiger partial charge on any atom is -0.455 e. The van der Waals surface area contributed by atoms with Crippen LogP contribution in [0, 0.1) is 12.3 Å². The van der Waals surface area contributed by atoms with Crippen molar-refractivity contribution in [3.63, 3.8) is 0 Å². The van der Waals surface area contributed by atoms with Gasteiger partial charge in [0.15, 0.2) is 5.76 Å². The Kier molecular flexibility index (Phi) is 6.43. The van der Waals surface area contributed by atoms with E-state index in [1.807, 2.05) is 13.8 Å². The van der Waals surface area contributed by atoms with Crippen molar-refractivity contribution in [3.8, 4) is 0 Å². The van der Waals surface area contributed by atoms with E-state index in [1.165, 1.54) is 11.8 Å². The Balaban J connectivity index is 0.00000400. The van der Waals surface area contributed by atoms with Gasteiger partial charge in [0.25, 0.3) is 5.91 Å². The molecule has 1 amide bonds. The Labute approximate surface area is 131 Å². The number of carbonyl (C=O) groups excluding carboxylic acids is 1. The fourth-order valence-electron chi connectivity index (χ4n) is 1.82. The van der Waals surface area contributed by atoms with Gasteiger partial charge in [-0.1, -0.05) is 13.8 Å². The van der Waals surface area contributed by atoms with Crippen molar-refractivity contribution in [1.29, 1.82) is 0 Å². The zero-order valence-electron chi connectivity index (χ0n) is 12.5. The molecule has 21 heavy (non-hydrogen) atoms. The second kappa shape index (κ2) is 6.78. The van der Waals surface area contributed by atoms with Gasteiger partial charge < -0.3 is 15.1 Å². The van der Waals surface area contributed by atoms with Crippen LogP contribution in [0.1, 0.15) is 30.2 Å². The van der Waals surface area contributed by atoms with E-state index in [1.54, 1.807) is 7.05 Å². The third-order valence-corrected chi connectivity index (χ3v) is 3.97. The maximum Gasteiger partial charge on any atom is 0.289 e. The number of amides is 1. The number of nitrogens with two attached hydrogens (primary N) is 2. The van der Waals surface area contributed by atoms with E-state index < -0.39 is 15.9 Å². The van der Waals surface area contributed by atoms with E-state index in [2.05, 4.69) is 0 Å². The number of carbonyl (C=O) groups is 1. The second-order valence-electron chi connectivity index (χ2n) is 5.61. The number of sulfonamides is 1. The fourth-order valence-corrected chi connectivity index (χ4v) is 2.53. The van der Waals surface area contributed by atoms with E-state index in [4.69, 9.17) is 15.3 Å². The number of furan rings is 1. The highest BCUT2D eigenvalue weighted by molar-refractivity contribution is 7.89. The van der Waals surface area contributed by atoms with Gasteiger partial charge in [0.2, 0.25) is 10.0 Å². The summed E-state index contributed by atoms with van der Waals surface area (Å²) in [4.78, 5) is 13.5. The Morgan fingerprint density at radius 3 is 2.33 bits per heavy atom. The fraction of sp³-hybridized carbons (Fsp3) is 0.583. The molecular formula is C12H22ClN3O4S. The Bertz CT molecular complexity index is 610. The summed E-state index contributed by atoms with van der Waals surface area (Å²) in [6.07, 6.45) is 0. The van der Waals surface area contributed by atoms with Crippen molar-refractivity contribution < 1.29 is 17.6 Å². The molecule has 0 radical (unpaired) electrons. The molecule has 0 saturated carbocycles. The summed E-state index contributed by atoms with van der Waals surface area (Å²) in [5, 5.41) is 5.04. The van der Waals surface area contributed by atoms with E-state index in [-0.39, 0.29) is 34.2 Å². The maximum absolute atomic E-state index is 12.2. The molecule has 0 fully saturated rings. The highest BCUT2D eigenvalue weighted by Gasteiger charge is 2.26. The van der Waals surface area contributed by atoms with Crippen LogP contribution in [0.5, 0.6) is 0 Å². The van der Waals surface area contributed by atoms with E-state index in [0.717, 1.165) is 6.07 Å². The van der Waals surface area contributed by atoms with Gasteiger partial charge in [-0.05, 0) is 18.9 Å². The summed E-state index contributed by atoms with van der Waals surface area (Å²) in [7, 11) is -2.29. The van der Waals surface area contributed by atoms with Crippen LogP contribution in [0.15, 0.2) is 15.4 Å². The predicted molar refractivity (Wildman–Crippen MR) is 81.9 cm³/mol. The van der Waals surface area contributed by atoms with Gasteiger partial charge in [0.1, 0.15) is 10.7 Å². The van der Waals surface area contributed by atoms with Crippen molar-refractivity contribution in [2.24, 2.45) is 16.3 Å². The molecule has 9 heteroatoms. The van der Waals surface area contributed by atoms with Crippen molar-refractivity contribution in [1.82, 2.24) is 4.90 Å². The molecule has 0 aliphatic heterocycles. The molecule has 0 aliphatic rings. The highest BCUT2D eigenvalue weighted by atomic mass is 35.5. The molecule has 1 rings (SSSR count). The lowest BCUT2D eigenvalue weighted by molar-refractivity contribution is 0.0707. The monoisotopic (exact) mass is 339 g/mol. The van der Waals surface area contributed by atoms with Gasteiger partial charge in [0.05, 0.1) is 0 Å². The van der Waals surface area contributed by atoms with Crippen LogP contribution in [0.25, 0.3) is 0 Å². The number of primary sulfonamides is 1. The molecule has 0 aromatic carbocycles. The van der Waals surface area contributed by atoms with Crippen molar-refractivity contribution >= 4 is 28.3 Å². The summed E-state index contributed by atoms with van der Waals surface area (Å²) in [5.41, 5.74) is 5.38. The molecule has 122 valence electrons. The molecule has 0 saturated heterocycles. The molecule has 0 aliphatic carbocycles. The lowest BCUT2D eigenvalue weighted by Gasteiger charge is -2.28. The highest BCUT2D eigenvalue weighted by Crippen LogP contribution is 2.21. The quantitative estimate of drug-likeness (QED) is 0.818. The largest absolute Gasteiger partial charge is 0.455 e. The molecule has 1 aromatic heterocycles. The standard InChI is InChI=1S/C12H21N3O4S.ClH/c1-8-10(20(14,17)18)5-9(19-8)11(16)15(4)7-12(2,3)6-13;/h5H,6-7,13H2,1-4H3,(H2,14,17,18);1H. The van der Waals surface area contributed by atoms with Gasteiger partial charge in [0, 0.05) is 19.7 Å². The summed E-state index contributed by atoms with van der Waals surface area (Å²) in [5.74, 6) is -0.367. The maximum atomic E-state index is 12.2. The van der Waals surface area contributed by atoms with E-state index >= 15 is 0 Å². The van der Waals surface area contributed by atoms with Gasteiger partial charge in [-0.15, -0.1) is 12.4 Å². The van der Waals surface area contributed by atoms with Gasteiger partial charge >= 0.3 is 0 Å². The lowest BCUT2D eigenvalue weighted by Crippen LogP contribution is -2.39. The van der Waals surface area contributed by atoms with Crippen LogP contribution in [0.4, 0.5) is 0 Å². The number of rotatable bonds is 5. The van der Waals surface area contributed by atoms with Crippen LogP contribution in [0.2, 0.25) is 0 Å². The van der Waals surface area contributed by atoms with Crippen LogP contribution in [-0.4, -0.2) is 39.4 Å². The molecule has 0 unspecified atom stereocenters. The molecule has 1 aromatic rings. The number of hydrogen-bond acceptors (Lipinski definition) is 5. The average molecular weight is 340 g/mol. The zero-order chi connectivity index (χ0) is 15.7. The molecule has 0 bridgehead atoms. The molecule has 4 N–H and O–H groups in total. The van der Waals surface area contributed by atoms with Gasteiger partial charge in [-0.2, -0.15) is 0 Å². The van der Waals surface area contributed by atoms with E-state index in [0.29, 0.717) is 13.1 Å². The van der Waals surface area contributed by atoms with Crippen molar-refractivity contribution in [2.45, 2.75) is 25.7 Å². The molecule has 7 nitrogen and oxygen atoms in total. The number of aryl methyl sites for hydroxylation is 1. The normalized spacial score (nSPS) is 11.9. The van der Waals surface area contributed by atoms with Crippen LogP contribution < -0.4 is 10.9 Å². The smallest absolute Gasteiger partial charge is 0.289 e. The topological polar surface area (TPSA) is 120 Å². The van der Waals surface area contributed by atoms with Crippen molar-refractivity contribution in [2.75, 3.05) is 20.1 Å². The average Bonchev–Trinajstić information content (AvgIpc) is 2.69. The number of hydrogen-bond donors (Lipinski definition) is 2. The summed E-state index contributed by atoms with van der Waals surface area (Å²) in [6, 6.07) is 1.15. The Hall–Kier alpha value is -1.09. The number of nitrogens with zero attached hydrogens (tertiary/aromatic N) is 1. The van der Waals surface area contributed by atoms with E-state index in [9.17, 15) is 13.2 Å². The second-order valence-corrected chi connectivity index (χ2v) is 7.14. The Morgan fingerprint density at radius 2 is 1.95 bits per heavy atom. The van der Waals surface area contributed by atoms with Gasteiger partial charge in [-0.3, -0.25) is 4.79 Å². The van der Waals surface area contributed by atoms with Crippen LogP contribution in [0.3, 0.4) is 0 Å². The third kappa shape index (κ3) is 4.99. The minimum absolute atomic E-state index is 0. The SMILES string of the molecule is Cc1oc(C(=O)N(C)CC(C)(C)CN)cc1S(N)(=O)=O.Cl. The Morgan fingerprint density at radius 1 is 1.43 bits per heavy atom. The lowest BCUT2D eigenvalue weighted by atomic mass is 9.93. The van der Waals surface area contributed by atoms with Crippen LogP contribution in [-0.2, 0) is 10.0 Å². The molecule has 1 heterocycles. The first kappa shape index (κ1) is 19.9. The summed E-state index contributed by atoms with van der Waals surface area (Å²) < 4.78 is 27.8. The first-order chi connectivity index (χ1) is 8.98. The van der Waals surface area contributed by atoms with Gasteiger partial charge in [-0.25, -0.2) is 13.6 Å². The first-order valence-corrected chi connectivity index (χ1v) is 7.61. The molecular weight excluding hydrogens is 318 g/mol. The molecule has 0 atom stereocenters. The molecule has 0 spiro atoms. The third-order valence-electron chi connectivity index (χ3n) is 2.95. The first-order valence-electron chi connectivity index (χ1n) is 6.07. The zero-order valence-corrected chi connectivity index (χ0v) is 14.2. The summed E-state index contributed by atoms with van der Waals surface area (Å²) >= 11 is 0.